The summed E-state index contributed by atoms with van der Waals surface area (Å²) >= 11 is 5.79. The molecule has 132 valence electrons. The number of hydrazine groups is 1. The van der Waals surface area contributed by atoms with E-state index in [1.165, 1.54) is 0 Å². The first-order valence-corrected chi connectivity index (χ1v) is 8.43. The van der Waals surface area contributed by atoms with Crippen LogP contribution in [-0.2, 0) is 0 Å². The molecule has 2 amide bonds. The number of para-hydroxylation sites is 1. The summed E-state index contributed by atoms with van der Waals surface area (Å²) in [6.45, 7) is 4.74. The van der Waals surface area contributed by atoms with Gasteiger partial charge >= 0.3 is 0 Å². The Morgan fingerprint density at radius 1 is 1.00 bits per heavy atom. The van der Waals surface area contributed by atoms with Gasteiger partial charge < -0.3 is 4.74 Å². The second kappa shape index (κ2) is 9.08. The summed E-state index contributed by atoms with van der Waals surface area (Å²) < 4.78 is 5.69. The lowest BCUT2D eigenvalue weighted by atomic mass is 10.1. The van der Waals surface area contributed by atoms with Gasteiger partial charge in [-0.05, 0) is 48.7 Å². The molecule has 0 aliphatic heterocycles. The van der Waals surface area contributed by atoms with E-state index in [1.807, 2.05) is 0 Å². The third-order valence-corrected chi connectivity index (χ3v) is 3.73. The van der Waals surface area contributed by atoms with Crippen LogP contribution in [0.2, 0.25) is 5.02 Å². The summed E-state index contributed by atoms with van der Waals surface area (Å²) in [5.41, 5.74) is 5.54. The molecule has 6 heteroatoms. The molecule has 0 spiro atoms. The van der Waals surface area contributed by atoms with Crippen molar-refractivity contribution in [3.63, 3.8) is 0 Å². The molecule has 0 heterocycles. The lowest BCUT2D eigenvalue weighted by Crippen LogP contribution is -2.41. The maximum atomic E-state index is 12.3. The van der Waals surface area contributed by atoms with Gasteiger partial charge in [-0.25, -0.2) is 0 Å². The lowest BCUT2D eigenvalue weighted by molar-refractivity contribution is 0.0844. The Bertz CT molecular complexity index is 730. The monoisotopic (exact) mass is 360 g/mol. The summed E-state index contributed by atoms with van der Waals surface area (Å²) in [4.78, 5) is 24.3. The van der Waals surface area contributed by atoms with Gasteiger partial charge in [-0.1, -0.05) is 37.6 Å². The quantitative estimate of drug-likeness (QED) is 0.769. The van der Waals surface area contributed by atoms with Crippen LogP contribution in [0.1, 0.15) is 41.0 Å². The second-order valence-corrected chi connectivity index (χ2v) is 6.38. The zero-order chi connectivity index (χ0) is 18.2. The van der Waals surface area contributed by atoms with Gasteiger partial charge in [0.1, 0.15) is 5.75 Å². The van der Waals surface area contributed by atoms with Crippen LogP contribution in [0.3, 0.4) is 0 Å². The van der Waals surface area contributed by atoms with E-state index in [4.69, 9.17) is 16.3 Å². The molecular formula is C19H21ClN2O3. The largest absolute Gasteiger partial charge is 0.493 e. The summed E-state index contributed by atoms with van der Waals surface area (Å²) in [7, 11) is 0. The first-order chi connectivity index (χ1) is 12.0. The van der Waals surface area contributed by atoms with Crippen LogP contribution in [-0.4, -0.2) is 18.4 Å². The van der Waals surface area contributed by atoms with Gasteiger partial charge in [0.2, 0.25) is 0 Å². The zero-order valence-electron chi connectivity index (χ0n) is 14.2. The standard InChI is InChI=1S/C19H21ClN2O3/c1-13(2)11-12-25-17-6-4-3-5-16(17)19(24)22-21-18(23)14-7-9-15(20)10-8-14/h3-10,13H,11-12H2,1-2H3,(H,21,23)(H,22,24). The van der Waals surface area contributed by atoms with Crippen LogP contribution in [0.5, 0.6) is 5.75 Å². The van der Waals surface area contributed by atoms with E-state index >= 15 is 0 Å². The van der Waals surface area contributed by atoms with Crippen LogP contribution in [0.25, 0.3) is 0 Å². The van der Waals surface area contributed by atoms with Crippen molar-refractivity contribution in [3.05, 3.63) is 64.7 Å². The molecule has 0 aliphatic rings. The number of amides is 2. The van der Waals surface area contributed by atoms with E-state index < -0.39 is 11.8 Å². The molecule has 2 rings (SSSR count). The number of carbonyl (C=O) groups excluding carboxylic acids is 2. The van der Waals surface area contributed by atoms with Crippen molar-refractivity contribution in [2.45, 2.75) is 20.3 Å². The maximum Gasteiger partial charge on any atom is 0.273 e. The first-order valence-electron chi connectivity index (χ1n) is 8.05. The number of nitrogens with one attached hydrogen (secondary N) is 2. The first kappa shape index (κ1) is 18.8. The number of rotatable bonds is 6. The van der Waals surface area contributed by atoms with Gasteiger partial charge in [0.05, 0.1) is 12.2 Å². The van der Waals surface area contributed by atoms with E-state index in [9.17, 15) is 9.59 Å². The highest BCUT2D eigenvalue weighted by Crippen LogP contribution is 2.18. The van der Waals surface area contributed by atoms with E-state index in [1.54, 1.807) is 48.5 Å². The normalized spacial score (nSPS) is 10.4. The summed E-state index contributed by atoms with van der Waals surface area (Å²) in [5, 5.41) is 0.535. The lowest BCUT2D eigenvalue weighted by Gasteiger charge is -2.13. The molecule has 2 N–H and O–H groups in total. The Hall–Kier alpha value is -2.53. The molecule has 0 bridgehead atoms. The minimum Gasteiger partial charge on any atom is -0.493 e. The van der Waals surface area contributed by atoms with Crippen molar-refractivity contribution < 1.29 is 14.3 Å². The molecule has 0 unspecified atom stereocenters. The molecule has 0 saturated heterocycles. The molecule has 0 saturated carbocycles. The van der Waals surface area contributed by atoms with Crippen LogP contribution in [0.15, 0.2) is 48.5 Å². The molecule has 5 nitrogen and oxygen atoms in total. The van der Waals surface area contributed by atoms with Crippen molar-refractivity contribution in [2.75, 3.05) is 6.61 Å². The molecule has 0 radical (unpaired) electrons. The van der Waals surface area contributed by atoms with Crippen LogP contribution in [0, 0.1) is 5.92 Å². The van der Waals surface area contributed by atoms with Crippen molar-refractivity contribution in [2.24, 2.45) is 5.92 Å². The van der Waals surface area contributed by atoms with Crippen molar-refractivity contribution in [1.29, 1.82) is 0 Å². The number of carbonyl (C=O) groups is 2. The third kappa shape index (κ3) is 5.80. The van der Waals surface area contributed by atoms with Crippen LogP contribution in [0.4, 0.5) is 0 Å². The Kier molecular flexibility index (Phi) is 6.83. The number of hydrogen-bond donors (Lipinski definition) is 2. The summed E-state index contributed by atoms with van der Waals surface area (Å²) in [6.07, 6.45) is 0.892. The molecule has 2 aromatic rings. The highest BCUT2D eigenvalue weighted by molar-refractivity contribution is 6.30. The van der Waals surface area contributed by atoms with Crippen molar-refractivity contribution >= 4 is 23.4 Å². The topological polar surface area (TPSA) is 67.4 Å². The Morgan fingerprint density at radius 2 is 1.64 bits per heavy atom. The number of benzene rings is 2. The van der Waals surface area contributed by atoms with Gasteiger partial charge in [0.25, 0.3) is 11.8 Å². The Balaban J connectivity index is 1.96. The average Bonchev–Trinajstić information content (AvgIpc) is 2.60. The van der Waals surface area contributed by atoms with E-state index in [2.05, 4.69) is 24.7 Å². The Morgan fingerprint density at radius 3 is 2.32 bits per heavy atom. The highest BCUT2D eigenvalue weighted by atomic mass is 35.5. The van der Waals surface area contributed by atoms with E-state index in [0.717, 1.165) is 6.42 Å². The fourth-order valence-electron chi connectivity index (χ4n) is 2.04. The average molecular weight is 361 g/mol. The smallest absolute Gasteiger partial charge is 0.273 e. The predicted molar refractivity (Wildman–Crippen MR) is 97.8 cm³/mol. The van der Waals surface area contributed by atoms with Gasteiger partial charge in [-0.3, -0.25) is 20.4 Å². The molecule has 0 fully saturated rings. The van der Waals surface area contributed by atoms with E-state index in [0.29, 0.717) is 34.4 Å². The number of ether oxygens (including phenoxy) is 1. The number of hydrogen-bond acceptors (Lipinski definition) is 3. The highest BCUT2D eigenvalue weighted by Gasteiger charge is 2.13. The maximum absolute atomic E-state index is 12.3. The van der Waals surface area contributed by atoms with E-state index in [-0.39, 0.29) is 0 Å². The summed E-state index contributed by atoms with van der Waals surface area (Å²) in [6, 6.07) is 13.3. The minimum atomic E-state index is -0.442. The molecule has 25 heavy (non-hydrogen) atoms. The molecule has 0 atom stereocenters. The fraction of sp³-hybridized carbons (Fsp3) is 0.263. The van der Waals surface area contributed by atoms with Crippen LogP contribution >= 0.6 is 11.6 Å². The Labute approximate surface area is 152 Å². The van der Waals surface area contributed by atoms with Gasteiger partial charge in [0, 0.05) is 10.6 Å². The SMILES string of the molecule is CC(C)CCOc1ccccc1C(=O)NNC(=O)c1ccc(Cl)cc1. The van der Waals surface area contributed by atoms with Gasteiger partial charge in [-0.2, -0.15) is 0 Å². The minimum absolute atomic E-state index is 0.364. The number of halogens is 1. The zero-order valence-corrected chi connectivity index (χ0v) is 15.0. The fourth-order valence-corrected chi connectivity index (χ4v) is 2.16. The molecular weight excluding hydrogens is 340 g/mol. The van der Waals surface area contributed by atoms with Gasteiger partial charge in [0.15, 0.2) is 0 Å². The second-order valence-electron chi connectivity index (χ2n) is 5.94. The van der Waals surface area contributed by atoms with Gasteiger partial charge in [-0.15, -0.1) is 0 Å². The molecule has 0 aromatic heterocycles. The van der Waals surface area contributed by atoms with Crippen molar-refractivity contribution in [1.82, 2.24) is 10.9 Å². The van der Waals surface area contributed by atoms with Crippen LogP contribution < -0.4 is 15.6 Å². The predicted octanol–water partition coefficient (Wildman–Crippen LogP) is 3.84. The third-order valence-electron chi connectivity index (χ3n) is 3.48. The summed E-state index contributed by atoms with van der Waals surface area (Å²) in [5.74, 6) is 0.131. The molecule has 2 aromatic carbocycles. The molecule has 0 aliphatic carbocycles. The van der Waals surface area contributed by atoms with Crippen molar-refractivity contribution in [3.8, 4) is 5.75 Å².